The first-order valence-electron chi connectivity index (χ1n) is 5.02. The molecule has 0 aliphatic rings. The molecular formula is C14H17FeN. The summed E-state index contributed by atoms with van der Waals surface area (Å²) in [5.74, 6) is 0. The maximum Gasteiger partial charge on any atom is 2.00 e. The van der Waals surface area contributed by atoms with Gasteiger partial charge in [-0.1, -0.05) is 6.20 Å². The Hall–Kier alpha value is -1.24. The van der Waals surface area contributed by atoms with Gasteiger partial charge in [0.05, 0.1) is 0 Å². The standard InChI is InChI=1S/C9H12N.C5H5.Fe/c1-10(2)8-7-9-5-3-4-6-9;1-2-4-5-3-1;/h3-8H,1-2H3;1-5H;/q2*-1;+2. The minimum Gasteiger partial charge on any atom is -0.421 e. The zero-order valence-corrected chi connectivity index (χ0v) is 10.8. The van der Waals surface area contributed by atoms with Gasteiger partial charge in [0.2, 0.25) is 0 Å². The molecule has 0 saturated heterocycles. The molecule has 0 unspecified atom stereocenters. The first-order valence-corrected chi connectivity index (χ1v) is 5.02. The molecule has 0 fully saturated rings. The Morgan fingerprint density at radius 2 is 1.56 bits per heavy atom. The Labute approximate surface area is 109 Å². The van der Waals surface area contributed by atoms with E-state index < -0.39 is 0 Å². The molecule has 16 heavy (non-hydrogen) atoms. The molecule has 2 aromatic rings. The monoisotopic (exact) mass is 255 g/mol. The summed E-state index contributed by atoms with van der Waals surface area (Å²) in [6.07, 6.45) is 4.12. The van der Waals surface area contributed by atoms with E-state index in [1.807, 2.05) is 67.7 Å². The van der Waals surface area contributed by atoms with E-state index in [-0.39, 0.29) is 17.1 Å². The summed E-state index contributed by atoms with van der Waals surface area (Å²) in [6.45, 7) is 0. The van der Waals surface area contributed by atoms with Gasteiger partial charge >= 0.3 is 17.1 Å². The molecule has 0 amide bonds. The molecule has 0 aliphatic heterocycles. The summed E-state index contributed by atoms with van der Waals surface area (Å²) in [4.78, 5) is 2.02. The summed E-state index contributed by atoms with van der Waals surface area (Å²) < 4.78 is 0. The van der Waals surface area contributed by atoms with Crippen LogP contribution in [-0.2, 0) is 17.1 Å². The zero-order chi connectivity index (χ0) is 10.9. The maximum atomic E-state index is 2.08. The maximum absolute atomic E-state index is 2.08. The van der Waals surface area contributed by atoms with Crippen molar-refractivity contribution in [3.63, 3.8) is 0 Å². The molecule has 0 heterocycles. The third-order valence-electron chi connectivity index (χ3n) is 1.81. The smallest absolute Gasteiger partial charge is 0.421 e. The molecule has 0 radical (unpaired) electrons. The van der Waals surface area contributed by atoms with Crippen LogP contribution in [-0.4, -0.2) is 19.0 Å². The second-order valence-electron chi connectivity index (χ2n) is 3.46. The van der Waals surface area contributed by atoms with Crippen molar-refractivity contribution in [2.24, 2.45) is 0 Å². The van der Waals surface area contributed by atoms with Crippen LogP contribution in [0.1, 0.15) is 5.56 Å². The van der Waals surface area contributed by atoms with Crippen LogP contribution in [0.5, 0.6) is 0 Å². The predicted molar refractivity (Wildman–Crippen MR) is 66.8 cm³/mol. The minimum absolute atomic E-state index is 0. The van der Waals surface area contributed by atoms with E-state index in [2.05, 4.69) is 18.2 Å². The van der Waals surface area contributed by atoms with Crippen molar-refractivity contribution in [2.45, 2.75) is 0 Å². The Morgan fingerprint density at radius 3 is 1.94 bits per heavy atom. The van der Waals surface area contributed by atoms with Crippen LogP contribution in [0.3, 0.4) is 0 Å². The molecule has 2 heteroatoms. The molecule has 0 aliphatic carbocycles. The van der Waals surface area contributed by atoms with Gasteiger partial charge in [0.1, 0.15) is 0 Å². The molecular weight excluding hydrogens is 238 g/mol. The van der Waals surface area contributed by atoms with Gasteiger partial charge < -0.3 is 4.90 Å². The quantitative estimate of drug-likeness (QED) is 0.587. The fraction of sp³-hybridized carbons (Fsp3) is 0.143. The summed E-state index contributed by atoms with van der Waals surface area (Å²) >= 11 is 0. The van der Waals surface area contributed by atoms with Crippen molar-refractivity contribution in [3.8, 4) is 0 Å². The van der Waals surface area contributed by atoms with E-state index in [1.54, 1.807) is 0 Å². The van der Waals surface area contributed by atoms with E-state index in [9.17, 15) is 0 Å². The van der Waals surface area contributed by atoms with Gasteiger partial charge in [-0.3, -0.25) is 0 Å². The van der Waals surface area contributed by atoms with Crippen LogP contribution in [0.4, 0.5) is 0 Å². The molecule has 0 N–H and O–H groups in total. The van der Waals surface area contributed by atoms with Crippen molar-refractivity contribution in [2.75, 3.05) is 14.1 Å². The Morgan fingerprint density at radius 1 is 1.00 bits per heavy atom. The van der Waals surface area contributed by atoms with Crippen LogP contribution >= 0.6 is 0 Å². The molecule has 2 rings (SSSR count). The van der Waals surface area contributed by atoms with E-state index in [0.29, 0.717) is 0 Å². The van der Waals surface area contributed by atoms with Crippen molar-refractivity contribution in [3.05, 3.63) is 66.4 Å². The van der Waals surface area contributed by atoms with E-state index in [1.165, 1.54) is 5.56 Å². The van der Waals surface area contributed by atoms with Crippen LogP contribution < -0.4 is 0 Å². The predicted octanol–water partition coefficient (Wildman–Crippen LogP) is 3.34. The Balaban J connectivity index is 0.000000318. The molecule has 0 saturated carbocycles. The third kappa shape index (κ3) is 7.10. The normalized spacial score (nSPS) is 9.12. The second kappa shape index (κ2) is 9.02. The Kier molecular flexibility index (Phi) is 8.32. The van der Waals surface area contributed by atoms with E-state index in [4.69, 9.17) is 0 Å². The summed E-state index contributed by atoms with van der Waals surface area (Å²) in [5, 5.41) is 0. The summed E-state index contributed by atoms with van der Waals surface area (Å²) in [7, 11) is 4.03. The molecule has 0 atom stereocenters. The van der Waals surface area contributed by atoms with Crippen molar-refractivity contribution >= 4 is 6.08 Å². The van der Waals surface area contributed by atoms with Crippen LogP contribution in [0, 0.1) is 0 Å². The second-order valence-corrected chi connectivity index (χ2v) is 3.46. The Bertz CT molecular complexity index is 327. The first kappa shape index (κ1) is 14.8. The molecule has 2 aromatic carbocycles. The number of rotatable bonds is 2. The molecule has 0 bridgehead atoms. The fourth-order valence-corrected chi connectivity index (χ4v) is 1.06. The first-order chi connectivity index (χ1) is 7.29. The van der Waals surface area contributed by atoms with Gasteiger partial charge in [-0.25, -0.2) is 12.1 Å². The third-order valence-corrected chi connectivity index (χ3v) is 1.81. The van der Waals surface area contributed by atoms with Crippen molar-refractivity contribution in [1.29, 1.82) is 0 Å². The summed E-state index contributed by atoms with van der Waals surface area (Å²) in [6, 6.07) is 18.2. The van der Waals surface area contributed by atoms with Crippen LogP contribution in [0.25, 0.3) is 6.08 Å². The number of nitrogens with zero attached hydrogens (tertiary/aromatic N) is 1. The molecule has 86 valence electrons. The van der Waals surface area contributed by atoms with E-state index >= 15 is 0 Å². The topological polar surface area (TPSA) is 3.24 Å². The summed E-state index contributed by atoms with van der Waals surface area (Å²) in [5.41, 5.74) is 1.26. The average Bonchev–Trinajstić information content (AvgIpc) is 2.91. The van der Waals surface area contributed by atoms with Gasteiger partial charge in [-0.05, 0) is 14.1 Å². The SMILES string of the molecule is CN(C)C=C[c-]1cccc1.[Fe+2].c1cc[cH-]c1. The molecule has 1 nitrogen and oxygen atoms in total. The fourth-order valence-electron chi connectivity index (χ4n) is 1.06. The largest absolute Gasteiger partial charge is 2.00 e. The number of hydrogen-bond donors (Lipinski definition) is 0. The van der Waals surface area contributed by atoms with Gasteiger partial charge in [0.15, 0.2) is 0 Å². The van der Waals surface area contributed by atoms with Gasteiger partial charge in [0, 0.05) is 0 Å². The van der Waals surface area contributed by atoms with Gasteiger partial charge in [-0.15, -0.1) is 23.8 Å². The van der Waals surface area contributed by atoms with Gasteiger partial charge in [0.25, 0.3) is 0 Å². The average molecular weight is 255 g/mol. The minimum atomic E-state index is 0. The molecule has 0 spiro atoms. The number of hydrogen-bond acceptors (Lipinski definition) is 1. The molecule has 0 aromatic heterocycles. The van der Waals surface area contributed by atoms with Crippen LogP contribution in [0.2, 0.25) is 0 Å². The van der Waals surface area contributed by atoms with Crippen molar-refractivity contribution in [1.82, 2.24) is 4.90 Å². The van der Waals surface area contributed by atoms with Crippen molar-refractivity contribution < 1.29 is 17.1 Å². The zero-order valence-electron chi connectivity index (χ0n) is 9.65. The van der Waals surface area contributed by atoms with E-state index in [0.717, 1.165) is 0 Å². The van der Waals surface area contributed by atoms with Gasteiger partial charge in [-0.2, -0.15) is 30.3 Å². The van der Waals surface area contributed by atoms with Crippen LogP contribution in [0.15, 0.2) is 60.8 Å².